The zero-order valence-electron chi connectivity index (χ0n) is 6.09. The fourth-order valence-corrected chi connectivity index (χ4v) is 0. The van der Waals surface area contributed by atoms with Crippen molar-refractivity contribution in [3.8, 4) is 12.3 Å². The maximum Gasteiger partial charge on any atom is 1.00 e. The summed E-state index contributed by atoms with van der Waals surface area (Å²) in [5, 5.41) is 0. The van der Waals surface area contributed by atoms with E-state index in [-0.39, 0.29) is 57.6 Å². The third-order valence-corrected chi connectivity index (χ3v) is 0. The van der Waals surface area contributed by atoms with Crippen LogP contribution in [0.4, 0.5) is 0 Å². The van der Waals surface area contributed by atoms with Crippen molar-refractivity contribution in [3.05, 3.63) is 6.92 Å². The summed E-state index contributed by atoms with van der Waals surface area (Å²) >= 11 is 0. The predicted molar refractivity (Wildman–Crippen MR) is 16.4 cm³/mol. The van der Waals surface area contributed by atoms with Crippen molar-refractivity contribution in [1.82, 2.24) is 0 Å². The molecule has 0 saturated heterocycles. The summed E-state index contributed by atoms with van der Waals surface area (Å²) < 4.78 is 0. The molecular weight excluding hydrogens is 113 g/mol. The summed E-state index contributed by atoms with van der Waals surface area (Å²) in [6.45, 7) is 3.01. The Morgan fingerprint density at radius 2 is 1.50 bits per heavy atom. The van der Waals surface area contributed by atoms with Crippen LogP contribution in [0.3, 0.4) is 0 Å². The Kier molecular flexibility index (Phi) is 161. The fourth-order valence-electron chi connectivity index (χ4n) is 0. The Balaban J connectivity index is -0.00000000200. The number of terminal acetylenes is 1. The topological polar surface area (TPSA) is 0 Å². The smallest absolute Gasteiger partial charge is 1.00 e. The molecule has 0 radical (unpaired) electrons. The van der Waals surface area contributed by atoms with Crippen LogP contribution >= 0.6 is 0 Å². The van der Waals surface area contributed by atoms with Gasteiger partial charge in [0.2, 0.25) is 0 Å². The first-order valence-corrected chi connectivity index (χ1v) is 0.642. The average molecular weight is 119 g/mol. The van der Waals surface area contributed by atoms with Gasteiger partial charge in [0.05, 0.1) is 0 Å². The van der Waals surface area contributed by atoms with Crippen LogP contribution in [0.5, 0.6) is 0 Å². The van der Waals surface area contributed by atoms with Gasteiger partial charge >= 0.3 is 54.8 Å². The van der Waals surface area contributed by atoms with Crippen molar-refractivity contribution in [1.29, 1.82) is 0 Å². The second kappa shape index (κ2) is 35.4. The van der Waals surface area contributed by atoms with Crippen LogP contribution in [0.2, 0.25) is 0 Å². The van der Waals surface area contributed by atoms with Crippen LogP contribution in [0.1, 0.15) is 2.85 Å². The molecule has 6 heavy (non-hydrogen) atoms. The summed E-state index contributed by atoms with van der Waals surface area (Å²) in [6.07, 6.45) is 4.49. The molecule has 0 aliphatic rings. The quantitative estimate of drug-likeness (QED) is 0.169. The first-order chi connectivity index (χ1) is 1.41. The van der Waals surface area contributed by atoms with Crippen LogP contribution in [0.15, 0.2) is 0 Å². The molecule has 0 nitrogen and oxygen atoms in total. The van der Waals surface area contributed by atoms with Crippen LogP contribution in [-0.4, -0.2) is 0 Å². The van der Waals surface area contributed by atoms with E-state index in [1.54, 1.807) is 0 Å². The monoisotopic (exact) mass is 118 g/mol. The van der Waals surface area contributed by atoms with Crippen LogP contribution < -0.4 is 37.7 Å². The van der Waals surface area contributed by atoms with Crippen LogP contribution in [-0.2, 0) is 17.1 Å². The first kappa shape index (κ1) is 27.3. The molecule has 0 rings (SSSR count). The molecule has 3 heteroatoms. The minimum absolute atomic E-state index is 0. The second-order valence-corrected chi connectivity index (χ2v) is 0.204. The van der Waals surface area contributed by atoms with E-state index in [4.69, 9.17) is 0 Å². The zero-order valence-corrected chi connectivity index (χ0v) is 5.03. The molecule has 0 aliphatic carbocycles. The van der Waals surface area contributed by atoms with Gasteiger partial charge in [0, 0.05) is 0 Å². The first-order valence-electron chi connectivity index (χ1n) is 0.642. The molecule has 0 aliphatic heterocycles. The van der Waals surface area contributed by atoms with Gasteiger partial charge in [-0.25, -0.2) is 0 Å². The second-order valence-electron chi connectivity index (χ2n) is 0.204. The number of hydrogen-bond acceptors (Lipinski definition) is 0. The maximum absolute atomic E-state index is 4.49. The molecule has 0 fully saturated rings. The molecule has 0 saturated carbocycles. The summed E-state index contributed by atoms with van der Waals surface area (Å²) in [6, 6.07) is 0. The van der Waals surface area contributed by atoms with Crippen molar-refractivity contribution in [2.75, 3.05) is 0 Å². The predicted octanol–water partition coefficient (Wildman–Crippen LogP) is -5.32. The Bertz CT molecular complexity index is 36.8. The van der Waals surface area contributed by atoms with Gasteiger partial charge in [-0.1, -0.05) is 0 Å². The van der Waals surface area contributed by atoms with E-state index in [2.05, 4.69) is 13.3 Å². The molecular formula is C3H5CuLi2. The van der Waals surface area contributed by atoms with Crippen molar-refractivity contribution in [2.45, 2.75) is 0 Å². The Morgan fingerprint density at radius 3 is 1.50 bits per heavy atom. The fraction of sp³-hybridized carbons (Fsp3) is 0. The van der Waals surface area contributed by atoms with Crippen molar-refractivity contribution < 1.29 is 57.6 Å². The minimum atomic E-state index is 0. The van der Waals surface area contributed by atoms with E-state index in [1.165, 1.54) is 0 Å². The Hall–Kier alpha value is 1.14. The van der Waals surface area contributed by atoms with E-state index in [9.17, 15) is 0 Å². The van der Waals surface area contributed by atoms with E-state index in [0.29, 0.717) is 0 Å². The maximum atomic E-state index is 4.49. The molecule has 0 aromatic rings. The Morgan fingerprint density at radius 1 is 1.50 bits per heavy atom. The van der Waals surface area contributed by atoms with Crippen molar-refractivity contribution in [3.63, 3.8) is 0 Å². The SMILES string of the molecule is C#C[CH2-].[Cu+].[H-].[H-].[Li+].[Li+]. The molecule has 0 spiro atoms. The van der Waals surface area contributed by atoms with Gasteiger partial charge in [-0.15, -0.1) is 0 Å². The van der Waals surface area contributed by atoms with Crippen molar-refractivity contribution >= 4 is 0 Å². The van der Waals surface area contributed by atoms with Crippen LogP contribution in [0.25, 0.3) is 0 Å². The van der Waals surface area contributed by atoms with E-state index < -0.39 is 0 Å². The number of rotatable bonds is 0. The number of hydrogen-bond donors (Lipinski definition) is 0. The normalized spacial score (nSPS) is 1.17. The molecule has 0 N–H and O–H groups in total. The molecule has 0 bridgehead atoms. The van der Waals surface area contributed by atoms with Gasteiger partial charge in [0.25, 0.3) is 0 Å². The largest absolute Gasteiger partial charge is 1.00 e. The summed E-state index contributed by atoms with van der Waals surface area (Å²) in [5.74, 6) is 2.00. The summed E-state index contributed by atoms with van der Waals surface area (Å²) in [5.41, 5.74) is 0. The molecule has 0 heterocycles. The van der Waals surface area contributed by atoms with Gasteiger partial charge in [-0.2, -0.15) is 6.92 Å². The van der Waals surface area contributed by atoms with Crippen molar-refractivity contribution in [2.24, 2.45) is 0 Å². The third-order valence-electron chi connectivity index (χ3n) is 0. The van der Waals surface area contributed by atoms with Gasteiger partial charge < -0.3 is 15.2 Å². The zero-order chi connectivity index (χ0) is 2.71. The Labute approximate surface area is 76.6 Å². The summed E-state index contributed by atoms with van der Waals surface area (Å²) in [4.78, 5) is 0. The standard InChI is InChI=1S/C3H3.Cu.2Li.2H/c1-3-2;;;;;/h1H,2H2;;;;;/q-1;3*+1;2*-1. The minimum Gasteiger partial charge on any atom is -1.00 e. The third kappa shape index (κ3) is 67.5. The summed E-state index contributed by atoms with van der Waals surface area (Å²) in [7, 11) is 0. The van der Waals surface area contributed by atoms with E-state index >= 15 is 0 Å². The van der Waals surface area contributed by atoms with Gasteiger partial charge in [-0.05, 0) is 0 Å². The van der Waals surface area contributed by atoms with E-state index in [1.807, 2.05) is 5.92 Å². The molecule has 30 valence electrons. The van der Waals surface area contributed by atoms with Gasteiger partial charge in [-0.3, -0.25) is 0 Å². The molecule has 0 atom stereocenters. The molecule has 0 unspecified atom stereocenters. The molecule has 0 amide bonds. The van der Waals surface area contributed by atoms with Gasteiger partial charge in [0.1, 0.15) is 0 Å². The van der Waals surface area contributed by atoms with Gasteiger partial charge in [0.15, 0.2) is 0 Å². The van der Waals surface area contributed by atoms with E-state index in [0.717, 1.165) is 0 Å². The average Bonchev–Trinajstić information content (AvgIpc) is 0.918. The van der Waals surface area contributed by atoms with Crippen LogP contribution in [0, 0.1) is 19.3 Å². The molecule has 0 aromatic carbocycles. The molecule has 0 aromatic heterocycles.